The standard InChI is InChI=1S/C15H14BrClFNO4S2/c1-2-9-19(24(20,21)13-6-4-12(18)5-7-13)25(22,23)15-8-3-11(16)10-14(15)17/h3-8,10H,2,9H2,1H3. The minimum Gasteiger partial charge on any atom is -0.207 e. The Balaban J connectivity index is 2.61. The summed E-state index contributed by atoms with van der Waals surface area (Å²) in [5, 5.41) is -0.107. The van der Waals surface area contributed by atoms with E-state index in [0.29, 0.717) is 8.18 Å². The van der Waals surface area contributed by atoms with Crippen molar-refractivity contribution in [2.75, 3.05) is 6.54 Å². The van der Waals surface area contributed by atoms with Crippen molar-refractivity contribution in [1.82, 2.24) is 3.71 Å². The lowest BCUT2D eigenvalue weighted by Gasteiger charge is -2.22. The summed E-state index contributed by atoms with van der Waals surface area (Å²) in [6.07, 6.45) is 0.258. The van der Waals surface area contributed by atoms with E-state index in [9.17, 15) is 21.2 Å². The van der Waals surface area contributed by atoms with E-state index in [1.165, 1.54) is 18.2 Å². The molecule has 0 saturated heterocycles. The predicted molar refractivity (Wildman–Crippen MR) is 96.9 cm³/mol. The molecule has 0 fully saturated rings. The monoisotopic (exact) mass is 469 g/mol. The van der Waals surface area contributed by atoms with E-state index in [0.717, 1.165) is 24.3 Å². The first-order valence-corrected chi connectivity index (χ1v) is 11.1. The number of halogens is 3. The van der Waals surface area contributed by atoms with Crippen molar-refractivity contribution < 1.29 is 21.2 Å². The molecule has 0 saturated carbocycles. The van der Waals surface area contributed by atoms with Crippen LogP contribution in [-0.4, -0.2) is 27.1 Å². The van der Waals surface area contributed by atoms with E-state index < -0.39 is 25.9 Å². The Morgan fingerprint density at radius 1 is 1.04 bits per heavy atom. The third-order valence-electron chi connectivity index (χ3n) is 3.23. The first-order valence-electron chi connectivity index (χ1n) is 7.09. The van der Waals surface area contributed by atoms with Gasteiger partial charge in [-0.2, -0.15) is 0 Å². The molecule has 0 amide bonds. The second-order valence-electron chi connectivity index (χ2n) is 5.04. The topological polar surface area (TPSA) is 71.5 Å². The molecule has 0 aliphatic rings. The van der Waals surface area contributed by atoms with Crippen LogP contribution in [0.5, 0.6) is 0 Å². The van der Waals surface area contributed by atoms with Gasteiger partial charge >= 0.3 is 0 Å². The number of rotatable bonds is 6. The first kappa shape index (κ1) is 20.3. The maximum Gasteiger partial charge on any atom is 0.257 e. The van der Waals surface area contributed by atoms with Gasteiger partial charge in [-0.1, -0.05) is 38.2 Å². The summed E-state index contributed by atoms with van der Waals surface area (Å²) >= 11 is 9.16. The molecule has 0 aliphatic heterocycles. The molecule has 0 heterocycles. The van der Waals surface area contributed by atoms with Crippen LogP contribution in [0.1, 0.15) is 13.3 Å². The second-order valence-corrected chi connectivity index (χ2v) is 10.3. The summed E-state index contributed by atoms with van der Waals surface area (Å²) in [4.78, 5) is -0.643. The van der Waals surface area contributed by atoms with Gasteiger partial charge in [0.2, 0.25) is 0 Å². The molecule has 0 radical (unpaired) electrons. The Labute approximate surface area is 159 Å². The molecule has 0 unspecified atom stereocenters. The van der Waals surface area contributed by atoms with Crippen molar-refractivity contribution in [2.24, 2.45) is 0 Å². The SMILES string of the molecule is CCCN(S(=O)(=O)c1ccc(F)cc1)S(=O)(=O)c1ccc(Br)cc1Cl. The zero-order chi connectivity index (χ0) is 18.8. The lowest BCUT2D eigenvalue weighted by molar-refractivity contribution is 0.495. The molecule has 0 bridgehead atoms. The third-order valence-corrected chi connectivity index (χ3v) is 8.54. The van der Waals surface area contributed by atoms with Crippen LogP contribution in [0.3, 0.4) is 0 Å². The molecule has 0 N–H and O–H groups in total. The summed E-state index contributed by atoms with van der Waals surface area (Å²) in [6.45, 7) is 1.38. The highest BCUT2D eigenvalue weighted by atomic mass is 79.9. The highest BCUT2D eigenvalue weighted by Crippen LogP contribution is 2.31. The summed E-state index contributed by atoms with van der Waals surface area (Å²) in [5.41, 5.74) is 0. The Morgan fingerprint density at radius 2 is 1.64 bits per heavy atom. The lowest BCUT2D eigenvalue weighted by atomic mass is 10.4. The highest BCUT2D eigenvalue weighted by molar-refractivity contribution is 9.10. The quantitative estimate of drug-likeness (QED) is 0.639. The van der Waals surface area contributed by atoms with Gasteiger partial charge in [0, 0.05) is 11.0 Å². The normalized spacial score (nSPS) is 12.5. The maximum atomic E-state index is 13.1. The van der Waals surface area contributed by atoms with Crippen LogP contribution in [0.25, 0.3) is 0 Å². The van der Waals surface area contributed by atoms with Crippen molar-refractivity contribution in [1.29, 1.82) is 0 Å². The fourth-order valence-electron chi connectivity index (χ4n) is 2.07. The van der Waals surface area contributed by atoms with Crippen LogP contribution in [0, 0.1) is 5.82 Å². The predicted octanol–water partition coefficient (Wildman–Crippen LogP) is 4.03. The summed E-state index contributed by atoms with van der Waals surface area (Å²) < 4.78 is 65.4. The van der Waals surface area contributed by atoms with Crippen LogP contribution in [0.4, 0.5) is 4.39 Å². The Bertz CT molecular complexity index is 979. The van der Waals surface area contributed by atoms with Crippen molar-refractivity contribution in [2.45, 2.75) is 23.1 Å². The largest absolute Gasteiger partial charge is 0.257 e. The van der Waals surface area contributed by atoms with E-state index in [-0.39, 0.29) is 27.8 Å². The van der Waals surface area contributed by atoms with Crippen molar-refractivity contribution >= 4 is 47.6 Å². The lowest BCUT2D eigenvalue weighted by Crippen LogP contribution is -2.37. The second kappa shape index (κ2) is 7.71. The van der Waals surface area contributed by atoms with Crippen molar-refractivity contribution in [3.05, 3.63) is 57.8 Å². The van der Waals surface area contributed by atoms with Crippen molar-refractivity contribution in [3.63, 3.8) is 0 Å². The number of sulfonamides is 2. The molecule has 0 spiro atoms. The highest BCUT2D eigenvalue weighted by Gasteiger charge is 2.37. The summed E-state index contributed by atoms with van der Waals surface area (Å²) in [5.74, 6) is -0.625. The summed E-state index contributed by atoms with van der Waals surface area (Å²) in [7, 11) is -8.83. The van der Waals surface area contributed by atoms with Gasteiger partial charge in [-0.15, -0.1) is 0 Å². The maximum absolute atomic E-state index is 13.1. The van der Waals surface area contributed by atoms with Crippen LogP contribution in [0.15, 0.2) is 56.7 Å². The molecule has 2 rings (SSSR count). The average Bonchev–Trinajstić information content (AvgIpc) is 2.52. The van der Waals surface area contributed by atoms with Crippen LogP contribution < -0.4 is 0 Å². The summed E-state index contributed by atoms with van der Waals surface area (Å²) in [6, 6.07) is 7.99. The zero-order valence-electron chi connectivity index (χ0n) is 13.0. The minimum atomic E-state index is -4.43. The van der Waals surface area contributed by atoms with E-state index in [4.69, 9.17) is 11.6 Å². The van der Waals surface area contributed by atoms with E-state index in [1.807, 2.05) is 0 Å². The van der Waals surface area contributed by atoms with Gasteiger partial charge in [0.15, 0.2) is 0 Å². The molecule has 10 heteroatoms. The Kier molecular flexibility index (Phi) is 6.26. The molecule has 2 aromatic carbocycles. The van der Waals surface area contributed by atoms with E-state index >= 15 is 0 Å². The van der Waals surface area contributed by atoms with E-state index in [1.54, 1.807) is 6.92 Å². The smallest absolute Gasteiger partial charge is 0.207 e. The van der Waals surface area contributed by atoms with Crippen molar-refractivity contribution in [3.8, 4) is 0 Å². The van der Waals surface area contributed by atoms with Gasteiger partial charge in [0.1, 0.15) is 10.7 Å². The van der Waals surface area contributed by atoms with Gasteiger partial charge in [-0.05, 0) is 48.9 Å². The fourth-order valence-corrected chi connectivity index (χ4v) is 6.89. The van der Waals surface area contributed by atoms with Gasteiger partial charge in [0.25, 0.3) is 20.0 Å². The van der Waals surface area contributed by atoms with Crippen LogP contribution in [-0.2, 0) is 20.0 Å². The molecule has 2 aromatic rings. The molecule has 0 atom stereocenters. The number of hydrogen-bond acceptors (Lipinski definition) is 4. The van der Waals surface area contributed by atoms with Gasteiger partial charge < -0.3 is 0 Å². The molecule has 136 valence electrons. The average molecular weight is 471 g/mol. The first-order chi connectivity index (χ1) is 11.6. The number of hydrogen-bond donors (Lipinski definition) is 0. The fraction of sp³-hybridized carbons (Fsp3) is 0.200. The third kappa shape index (κ3) is 4.22. The van der Waals surface area contributed by atoms with Crippen LogP contribution in [0.2, 0.25) is 5.02 Å². The molecule has 0 aliphatic carbocycles. The van der Waals surface area contributed by atoms with E-state index in [2.05, 4.69) is 15.9 Å². The molecular weight excluding hydrogens is 457 g/mol. The number of nitrogens with zero attached hydrogens (tertiary/aromatic N) is 1. The molecule has 5 nitrogen and oxygen atoms in total. The molecule has 0 aromatic heterocycles. The van der Waals surface area contributed by atoms with Crippen LogP contribution >= 0.6 is 27.5 Å². The zero-order valence-corrected chi connectivity index (χ0v) is 17.0. The molecule has 25 heavy (non-hydrogen) atoms. The Hall–Kier alpha value is -1.000. The molecular formula is C15H14BrClFNO4S2. The Morgan fingerprint density at radius 3 is 2.16 bits per heavy atom. The number of benzene rings is 2. The minimum absolute atomic E-state index is 0.107. The van der Waals surface area contributed by atoms with Gasteiger partial charge in [-0.25, -0.2) is 21.2 Å². The van der Waals surface area contributed by atoms with Gasteiger partial charge in [-0.3, -0.25) is 0 Å². The van der Waals surface area contributed by atoms with Gasteiger partial charge in [0.05, 0.1) is 9.92 Å².